The van der Waals surface area contributed by atoms with Crippen molar-refractivity contribution in [3.63, 3.8) is 0 Å². The Hall–Kier alpha value is -0.870. The van der Waals surface area contributed by atoms with Crippen molar-refractivity contribution in [2.75, 3.05) is 5.75 Å². The highest BCUT2D eigenvalue weighted by Gasteiger charge is 2.23. The Morgan fingerprint density at radius 3 is 1.94 bits per heavy atom. The summed E-state index contributed by atoms with van der Waals surface area (Å²) in [6, 6.07) is 3.82. The van der Waals surface area contributed by atoms with E-state index in [-0.39, 0.29) is 5.75 Å². The van der Waals surface area contributed by atoms with Crippen LogP contribution in [0.5, 0.6) is 0 Å². The Morgan fingerprint density at radius 1 is 1.11 bits per heavy atom. The Morgan fingerprint density at radius 2 is 1.56 bits per heavy atom. The van der Waals surface area contributed by atoms with Gasteiger partial charge < -0.3 is 5.73 Å². The fourth-order valence-electron chi connectivity index (χ4n) is 2.16. The van der Waals surface area contributed by atoms with E-state index in [9.17, 15) is 8.42 Å². The third-order valence-corrected chi connectivity index (χ3v) is 4.94. The van der Waals surface area contributed by atoms with Crippen LogP contribution >= 0.6 is 0 Å². The number of rotatable bonds is 4. The Bertz CT molecular complexity index is 516. The fourth-order valence-corrected chi connectivity index (χ4v) is 4.25. The number of hydrogen-bond donors (Lipinski definition) is 1. The molecule has 0 aliphatic heterocycles. The van der Waals surface area contributed by atoms with Crippen LogP contribution in [0.4, 0.5) is 0 Å². The summed E-state index contributed by atoms with van der Waals surface area (Å²) in [5, 5.41) is 0. The second kappa shape index (κ2) is 5.02. The molecule has 0 radical (unpaired) electrons. The van der Waals surface area contributed by atoms with Crippen LogP contribution in [0, 0.1) is 20.8 Å². The second-order valence-corrected chi connectivity index (χ2v) is 7.83. The first-order chi connectivity index (χ1) is 8.03. The smallest absolute Gasteiger partial charge is 0.178 e. The first kappa shape index (κ1) is 15.2. The standard InChI is InChI=1S/C14H23NO2S/c1-10-8-11(2)13(12(3)9-10)18(16,17)7-6-14(4,5)15/h8-9H,6-7,15H2,1-5H3. The summed E-state index contributed by atoms with van der Waals surface area (Å²) < 4.78 is 24.8. The molecule has 1 aromatic carbocycles. The molecule has 0 saturated heterocycles. The third-order valence-electron chi connectivity index (χ3n) is 2.93. The predicted octanol–water partition coefficient (Wildman–Crippen LogP) is 2.51. The van der Waals surface area contributed by atoms with E-state index in [4.69, 9.17) is 5.73 Å². The van der Waals surface area contributed by atoms with E-state index in [0.29, 0.717) is 11.3 Å². The highest BCUT2D eigenvalue weighted by atomic mass is 32.2. The number of benzene rings is 1. The molecule has 0 unspecified atom stereocenters. The Kier molecular flexibility index (Phi) is 4.23. The van der Waals surface area contributed by atoms with Crippen molar-refractivity contribution in [1.82, 2.24) is 0 Å². The fraction of sp³-hybridized carbons (Fsp3) is 0.571. The maximum Gasteiger partial charge on any atom is 0.178 e. The van der Waals surface area contributed by atoms with E-state index < -0.39 is 15.4 Å². The van der Waals surface area contributed by atoms with Crippen molar-refractivity contribution >= 4 is 9.84 Å². The summed E-state index contributed by atoms with van der Waals surface area (Å²) in [5.41, 5.74) is 8.13. The lowest BCUT2D eigenvalue weighted by molar-refractivity contribution is 0.495. The van der Waals surface area contributed by atoms with Gasteiger partial charge in [-0.05, 0) is 52.2 Å². The van der Waals surface area contributed by atoms with Gasteiger partial charge in [-0.2, -0.15) is 0 Å². The molecule has 3 nitrogen and oxygen atoms in total. The van der Waals surface area contributed by atoms with Crippen LogP contribution in [0.1, 0.15) is 37.0 Å². The number of aryl methyl sites for hydroxylation is 3. The van der Waals surface area contributed by atoms with Crippen LogP contribution in [0.25, 0.3) is 0 Å². The van der Waals surface area contributed by atoms with Gasteiger partial charge in [0.2, 0.25) is 0 Å². The molecule has 1 rings (SSSR count). The largest absolute Gasteiger partial charge is 0.326 e. The minimum absolute atomic E-state index is 0.0985. The average Bonchev–Trinajstić information content (AvgIpc) is 2.11. The third kappa shape index (κ3) is 3.82. The summed E-state index contributed by atoms with van der Waals surface area (Å²) in [5.74, 6) is 0.0985. The lowest BCUT2D eigenvalue weighted by Crippen LogP contribution is -2.34. The number of sulfone groups is 1. The molecule has 0 saturated carbocycles. The van der Waals surface area contributed by atoms with E-state index in [1.54, 1.807) is 0 Å². The molecule has 2 N–H and O–H groups in total. The predicted molar refractivity (Wildman–Crippen MR) is 75.6 cm³/mol. The van der Waals surface area contributed by atoms with E-state index >= 15 is 0 Å². The Balaban J connectivity index is 3.14. The van der Waals surface area contributed by atoms with E-state index in [0.717, 1.165) is 16.7 Å². The molecule has 0 heterocycles. The molecule has 0 aliphatic carbocycles. The van der Waals surface area contributed by atoms with Crippen LogP contribution in [-0.2, 0) is 9.84 Å². The van der Waals surface area contributed by atoms with Crippen molar-refractivity contribution in [1.29, 1.82) is 0 Å². The van der Waals surface area contributed by atoms with E-state index in [2.05, 4.69) is 0 Å². The van der Waals surface area contributed by atoms with E-state index in [1.165, 1.54) is 0 Å². The maximum atomic E-state index is 12.4. The molecule has 1 aromatic rings. The molecule has 102 valence electrons. The molecule has 0 spiro atoms. The van der Waals surface area contributed by atoms with Crippen LogP contribution < -0.4 is 5.73 Å². The zero-order valence-electron chi connectivity index (χ0n) is 11.9. The zero-order chi connectivity index (χ0) is 14.1. The van der Waals surface area contributed by atoms with Crippen molar-refractivity contribution in [2.45, 2.75) is 51.5 Å². The van der Waals surface area contributed by atoms with Gasteiger partial charge in [-0.15, -0.1) is 0 Å². The minimum Gasteiger partial charge on any atom is -0.326 e. The lowest BCUT2D eigenvalue weighted by atomic mass is 10.0. The molecule has 0 aliphatic rings. The van der Waals surface area contributed by atoms with Gasteiger partial charge in [-0.1, -0.05) is 17.7 Å². The molecule has 4 heteroatoms. The highest BCUT2D eigenvalue weighted by molar-refractivity contribution is 7.91. The quantitative estimate of drug-likeness (QED) is 0.913. The molecular weight excluding hydrogens is 246 g/mol. The first-order valence-corrected chi connectivity index (χ1v) is 7.78. The lowest BCUT2D eigenvalue weighted by Gasteiger charge is -2.19. The van der Waals surface area contributed by atoms with Gasteiger partial charge >= 0.3 is 0 Å². The Labute approximate surface area is 110 Å². The summed E-state index contributed by atoms with van der Waals surface area (Å²) in [6.45, 7) is 9.36. The number of hydrogen-bond acceptors (Lipinski definition) is 3. The van der Waals surface area contributed by atoms with Crippen molar-refractivity contribution < 1.29 is 8.42 Å². The van der Waals surface area contributed by atoms with Gasteiger partial charge in [0.05, 0.1) is 10.6 Å². The summed E-state index contributed by atoms with van der Waals surface area (Å²) in [6.07, 6.45) is 0.460. The molecule has 0 amide bonds. The van der Waals surface area contributed by atoms with E-state index in [1.807, 2.05) is 46.8 Å². The van der Waals surface area contributed by atoms with Gasteiger partial charge in [0.15, 0.2) is 9.84 Å². The molecule has 0 fully saturated rings. The monoisotopic (exact) mass is 269 g/mol. The normalized spacial score (nSPS) is 12.8. The highest BCUT2D eigenvalue weighted by Crippen LogP contribution is 2.24. The van der Waals surface area contributed by atoms with Crippen LogP contribution in [-0.4, -0.2) is 19.7 Å². The van der Waals surface area contributed by atoms with Gasteiger partial charge in [0.1, 0.15) is 0 Å². The van der Waals surface area contributed by atoms with Crippen molar-refractivity contribution in [2.24, 2.45) is 5.73 Å². The molecule has 0 atom stereocenters. The van der Waals surface area contributed by atoms with Gasteiger partial charge in [-0.25, -0.2) is 8.42 Å². The van der Waals surface area contributed by atoms with Crippen LogP contribution in [0.2, 0.25) is 0 Å². The summed E-state index contributed by atoms with van der Waals surface area (Å²) in [7, 11) is -3.25. The van der Waals surface area contributed by atoms with Crippen molar-refractivity contribution in [3.8, 4) is 0 Å². The molecule has 0 aromatic heterocycles. The average molecular weight is 269 g/mol. The molecule has 18 heavy (non-hydrogen) atoms. The van der Waals surface area contributed by atoms with Gasteiger partial charge in [0.25, 0.3) is 0 Å². The van der Waals surface area contributed by atoms with Crippen LogP contribution in [0.15, 0.2) is 17.0 Å². The second-order valence-electron chi connectivity index (χ2n) is 5.79. The van der Waals surface area contributed by atoms with Gasteiger partial charge in [-0.3, -0.25) is 0 Å². The maximum absolute atomic E-state index is 12.4. The topological polar surface area (TPSA) is 60.2 Å². The molecule has 0 bridgehead atoms. The minimum atomic E-state index is -3.25. The zero-order valence-corrected chi connectivity index (χ0v) is 12.7. The molecular formula is C14H23NO2S. The summed E-state index contributed by atoms with van der Waals surface area (Å²) in [4.78, 5) is 0.470. The number of nitrogens with two attached hydrogens (primary N) is 1. The van der Waals surface area contributed by atoms with Crippen LogP contribution in [0.3, 0.4) is 0 Å². The first-order valence-electron chi connectivity index (χ1n) is 6.12. The SMILES string of the molecule is Cc1cc(C)c(S(=O)(=O)CCC(C)(C)N)c(C)c1. The van der Waals surface area contributed by atoms with Crippen molar-refractivity contribution in [3.05, 3.63) is 28.8 Å². The summed E-state index contributed by atoms with van der Waals surface area (Å²) >= 11 is 0. The van der Waals surface area contributed by atoms with Gasteiger partial charge in [0, 0.05) is 5.54 Å².